The van der Waals surface area contributed by atoms with Gasteiger partial charge in [0.05, 0.1) is 6.54 Å². The van der Waals surface area contributed by atoms with E-state index in [4.69, 9.17) is 0 Å². The number of nitrogens with zero attached hydrogens (tertiary/aromatic N) is 1. The van der Waals surface area contributed by atoms with Crippen molar-refractivity contribution in [1.82, 2.24) is 4.90 Å². The van der Waals surface area contributed by atoms with E-state index in [1.807, 2.05) is 31.2 Å². The zero-order valence-electron chi connectivity index (χ0n) is 13.1. The van der Waals surface area contributed by atoms with Gasteiger partial charge in [0, 0.05) is 5.69 Å². The highest BCUT2D eigenvalue weighted by atomic mass is 16.4. The molecule has 0 fully saturated rings. The largest absolute Gasteiger partial charge is 0.480 e. The molecule has 0 radical (unpaired) electrons. The number of likely N-dealkylation sites (N-methyl/N-ethyl adjacent to an activating group) is 1. The van der Waals surface area contributed by atoms with Crippen LogP contribution < -0.4 is 5.32 Å². The molecule has 21 heavy (non-hydrogen) atoms. The third-order valence-corrected chi connectivity index (χ3v) is 3.65. The van der Waals surface area contributed by atoms with Crippen molar-refractivity contribution in [3.63, 3.8) is 0 Å². The zero-order chi connectivity index (χ0) is 16.0. The van der Waals surface area contributed by atoms with Crippen LogP contribution in [0.1, 0.15) is 33.3 Å². The Hall–Kier alpha value is -1.88. The van der Waals surface area contributed by atoms with E-state index in [1.165, 1.54) is 0 Å². The lowest BCUT2D eigenvalue weighted by Gasteiger charge is -2.33. The van der Waals surface area contributed by atoms with Crippen LogP contribution in [0, 0.1) is 0 Å². The molecule has 0 aromatic heterocycles. The molecule has 1 aromatic carbocycles. The van der Waals surface area contributed by atoms with Gasteiger partial charge < -0.3 is 10.4 Å². The van der Waals surface area contributed by atoms with Crippen molar-refractivity contribution in [3.8, 4) is 0 Å². The fraction of sp³-hybridized carbons (Fsp3) is 0.500. The van der Waals surface area contributed by atoms with Gasteiger partial charge in [-0.05, 0) is 44.5 Å². The Morgan fingerprint density at radius 2 is 1.95 bits per heavy atom. The molecule has 1 rings (SSSR count). The summed E-state index contributed by atoms with van der Waals surface area (Å²) >= 11 is 0. The maximum atomic E-state index is 12.1. The van der Waals surface area contributed by atoms with Gasteiger partial charge in [0.15, 0.2) is 0 Å². The lowest BCUT2D eigenvalue weighted by molar-refractivity contribution is -0.149. The molecular weight excluding hydrogens is 268 g/mol. The summed E-state index contributed by atoms with van der Waals surface area (Å²) in [6.07, 6.45) is 0.900. The van der Waals surface area contributed by atoms with Crippen LogP contribution in [-0.4, -0.2) is 40.5 Å². The van der Waals surface area contributed by atoms with Gasteiger partial charge in [-0.2, -0.15) is 0 Å². The van der Waals surface area contributed by atoms with Crippen molar-refractivity contribution >= 4 is 17.6 Å². The summed E-state index contributed by atoms with van der Waals surface area (Å²) < 4.78 is 0. The number of anilines is 1. The number of carboxylic acids is 1. The number of carbonyl (C=O) groups is 2. The molecule has 2 N–H and O–H groups in total. The minimum absolute atomic E-state index is 0.0478. The Morgan fingerprint density at radius 1 is 1.29 bits per heavy atom. The fourth-order valence-corrected chi connectivity index (χ4v) is 2.08. The number of carbonyl (C=O) groups excluding carboxylic acids is 1. The van der Waals surface area contributed by atoms with Crippen molar-refractivity contribution in [3.05, 3.63) is 29.8 Å². The molecule has 0 aliphatic rings. The Kier molecular flexibility index (Phi) is 5.90. The van der Waals surface area contributed by atoms with Crippen molar-refractivity contribution in [2.75, 3.05) is 18.4 Å². The molecule has 0 aliphatic carbocycles. The van der Waals surface area contributed by atoms with Crippen molar-refractivity contribution < 1.29 is 14.7 Å². The van der Waals surface area contributed by atoms with Gasteiger partial charge in [0.25, 0.3) is 0 Å². The van der Waals surface area contributed by atoms with Crippen molar-refractivity contribution in [2.24, 2.45) is 0 Å². The number of benzene rings is 1. The maximum Gasteiger partial charge on any atom is 0.323 e. The average molecular weight is 292 g/mol. The molecule has 0 saturated heterocycles. The number of nitrogens with one attached hydrogen (secondary N) is 1. The summed E-state index contributed by atoms with van der Waals surface area (Å²) in [5, 5.41) is 12.1. The molecule has 0 spiro atoms. The number of carboxylic acid groups (broad SMARTS) is 1. The predicted molar refractivity (Wildman–Crippen MR) is 83.4 cm³/mol. The smallest absolute Gasteiger partial charge is 0.323 e. The topological polar surface area (TPSA) is 69.6 Å². The predicted octanol–water partition coefficient (Wildman–Crippen LogP) is 2.37. The molecule has 0 heterocycles. The average Bonchev–Trinajstić information content (AvgIpc) is 2.44. The van der Waals surface area contributed by atoms with Gasteiger partial charge in [0.1, 0.15) is 5.54 Å². The number of amides is 1. The van der Waals surface area contributed by atoms with Crippen LogP contribution in [0.2, 0.25) is 0 Å². The Labute approximate surface area is 126 Å². The monoisotopic (exact) mass is 292 g/mol. The molecule has 116 valence electrons. The highest BCUT2D eigenvalue weighted by Crippen LogP contribution is 2.15. The van der Waals surface area contributed by atoms with Gasteiger partial charge >= 0.3 is 5.97 Å². The highest BCUT2D eigenvalue weighted by Gasteiger charge is 2.34. The van der Waals surface area contributed by atoms with Gasteiger partial charge in [-0.15, -0.1) is 0 Å². The van der Waals surface area contributed by atoms with Gasteiger partial charge in [-0.25, -0.2) is 0 Å². The van der Waals surface area contributed by atoms with E-state index in [2.05, 4.69) is 12.2 Å². The van der Waals surface area contributed by atoms with Crippen LogP contribution in [0.5, 0.6) is 0 Å². The second kappa shape index (κ2) is 7.22. The van der Waals surface area contributed by atoms with Gasteiger partial charge in [-0.3, -0.25) is 14.5 Å². The maximum absolute atomic E-state index is 12.1. The second-order valence-corrected chi connectivity index (χ2v) is 5.48. The Balaban J connectivity index is 2.73. The van der Waals surface area contributed by atoms with E-state index >= 15 is 0 Å². The first-order chi connectivity index (χ1) is 9.81. The van der Waals surface area contributed by atoms with Gasteiger partial charge in [0.2, 0.25) is 5.91 Å². The SMILES string of the molecule is CCc1cccc(NC(=O)CN(CC)C(C)(C)C(=O)O)c1. The Morgan fingerprint density at radius 3 is 2.48 bits per heavy atom. The van der Waals surface area contributed by atoms with Crippen LogP contribution >= 0.6 is 0 Å². The molecular formula is C16H24N2O3. The first kappa shape index (κ1) is 17.2. The van der Waals surface area contributed by atoms with E-state index in [1.54, 1.807) is 18.7 Å². The van der Waals surface area contributed by atoms with Crippen molar-refractivity contribution in [1.29, 1.82) is 0 Å². The molecule has 0 unspecified atom stereocenters. The molecule has 0 atom stereocenters. The van der Waals surface area contributed by atoms with E-state index in [-0.39, 0.29) is 12.5 Å². The van der Waals surface area contributed by atoms with Crippen LogP contribution in [0.15, 0.2) is 24.3 Å². The second-order valence-electron chi connectivity index (χ2n) is 5.48. The Bertz CT molecular complexity index is 512. The van der Waals surface area contributed by atoms with Crippen LogP contribution in [0.25, 0.3) is 0 Å². The molecule has 0 aliphatic heterocycles. The number of rotatable bonds is 7. The summed E-state index contributed by atoms with van der Waals surface area (Å²) in [5.41, 5.74) is 0.812. The van der Waals surface area contributed by atoms with E-state index < -0.39 is 11.5 Å². The molecule has 5 heteroatoms. The normalized spacial score (nSPS) is 11.5. The summed E-state index contributed by atoms with van der Waals surface area (Å²) in [4.78, 5) is 25.0. The molecule has 0 saturated carbocycles. The number of hydrogen-bond donors (Lipinski definition) is 2. The number of aryl methyl sites for hydroxylation is 1. The third kappa shape index (κ3) is 4.56. The highest BCUT2D eigenvalue weighted by molar-refractivity contribution is 5.93. The van der Waals surface area contributed by atoms with E-state index in [9.17, 15) is 14.7 Å². The van der Waals surface area contributed by atoms with Gasteiger partial charge in [-0.1, -0.05) is 26.0 Å². The lowest BCUT2D eigenvalue weighted by atomic mass is 10.0. The quantitative estimate of drug-likeness (QED) is 0.809. The number of hydrogen-bond acceptors (Lipinski definition) is 3. The standard InChI is InChI=1S/C16H24N2O3/c1-5-12-8-7-9-13(10-12)17-14(19)11-18(6-2)16(3,4)15(20)21/h7-10H,5-6,11H2,1-4H3,(H,17,19)(H,20,21). The first-order valence-electron chi connectivity index (χ1n) is 7.18. The van der Waals surface area contributed by atoms with E-state index in [0.29, 0.717) is 6.54 Å². The summed E-state index contributed by atoms with van der Waals surface area (Å²) in [6.45, 7) is 7.63. The summed E-state index contributed by atoms with van der Waals surface area (Å²) in [6, 6.07) is 7.65. The first-order valence-corrected chi connectivity index (χ1v) is 7.18. The van der Waals surface area contributed by atoms with Crippen molar-refractivity contribution in [2.45, 2.75) is 39.7 Å². The van der Waals surface area contributed by atoms with Crippen LogP contribution in [-0.2, 0) is 16.0 Å². The lowest BCUT2D eigenvalue weighted by Crippen LogP contribution is -2.52. The molecule has 1 amide bonds. The molecule has 5 nitrogen and oxygen atoms in total. The number of aliphatic carboxylic acids is 1. The van der Waals surface area contributed by atoms with Crippen LogP contribution in [0.4, 0.5) is 5.69 Å². The fourth-order valence-electron chi connectivity index (χ4n) is 2.08. The molecule has 0 bridgehead atoms. The summed E-state index contributed by atoms with van der Waals surface area (Å²) in [7, 11) is 0. The molecule has 1 aromatic rings. The minimum atomic E-state index is -1.07. The van der Waals surface area contributed by atoms with Crippen LogP contribution in [0.3, 0.4) is 0 Å². The summed E-state index contributed by atoms with van der Waals surface area (Å²) in [5.74, 6) is -1.15. The minimum Gasteiger partial charge on any atom is -0.480 e. The zero-order valence-corrected chi connectivity index (χ0v) is 13.1. The third-order valence-electron chi connectivity index (χ3n) is 3.65. The van der Waals surface area contributed by atoms with E-state index in [0.717, 1.165) is 17.7 Å².